The van der Waals surface area contributed by atoms with Gasteiger partial charge in [-0.1, -0.05) is 24.3 Å². The van der Waals surface area contributed by atoms with Crippen LogP contribution in [-0.2, 0) is 14.3 Å². The first kappa shape index (κ1) is 22.2. The Balaban J connectivity index is 1.98. The van der Waals surface area contributed by atoms with E-state index in [4.69, 9.17) is 9.47 Å². The topological polar surface area (TPSA) is 123 Å². The van der Waals surface area contributed by atoms with Gasteiger partial charge in [0, 0.05) is 13.1 Å². The summed E-state index contributed by atoms with van der Waals surface area (Å²) < 4.78 is 9.97. The lowest BCUT2D eigenvalue weighted by Gasteiger charge is -2.10. The normalized spacial score (nSPS) is 10.2. The lowest BCUT2D eigenvalue weighted by atomic mass is 10.1. The first-order valence-electron chi connectivity index (χ1n) is 8.83. The molecule has 4 amide bonds. The van der Waals surface area contributed by atoms with Gasteiger partial charge in [0.1, 0.15) is 5.75 Å². The molecular weight excluding hydrogens is 390 g/mol. The van der Waals surface area contributed by atoms with Crippen molar-refractivity contribution in [2.75, 3.05) is 26.1 Å². The Bertz CT molecular complexity index is 953. The fraction of sp³-hybridized carbons (Fsp3) is 0.143. The molecule has 0 saturated heterocycles. The largest absolute Gasteiger partial charge is 0.497 e. The predicted molar refractivity (Wildman–Crippen MR) is 110 cm³/mol. The molecule has 0 heterocycles. The number of ether oxygens (including phenoxy) is 2. The van der Waals surface area contributed by atoms with Gasteiger partial charge in [-0.05, 0) is 35.9 Å². The first-order chi connectivity index (χ1) is 14.4. The number of methoxy groups -OCH3 is 1. The Morgan fingerprint density at radius 2 is 1.70 bits per heavy atom. The first-order valence-corrected chi connectivity index (χ1v) is 8.83. The number of carbonyl (C=O) groups is 4. The number of amides is 4. The van der Waals surface area contributed by atoms with E-state index in [0.29, 0.717) is 5.75 Å². The molecule has 0 unspecified atom stereocenters. The van der Waals surface area contributed by atoms with E-state index >= 15 is 0 Å². The number of rotatable bonds is 7. The van der Waals surface area contributed by atoms with Crippen molar-refractivity contribution < 1.29 is 28.7 Å². The third-order valence-corrected chi connectivity index (χ3v) is 3.76. The summed E-state index contributed by atoms with van der Waals surface area (Å²) in [7, 11) is 2.91. The van der Waals surface area contributed by atoms with E-state index < -0.39 is 30.4 Å². The molecule has 0 aromatic heterocycles. The summed E-state index contributed by atoms with van der Waals surface area (Å²) in [6, 6.07) is 12.6. The fourth-order valence-electron chi connectivity index (χ4n) is 2.27. The molecule has 0 spiro atoms. The number of carbonyl (C=O) groups excluding carboxylic acids is 4. The number of esters is 1. The van der Waals surface area contributed by atoms with E-state index in [0.717, 1.165) is 5.56 Å². The molecule has 0 saturated carbocycles. The number of imide groups is 1. The number of para-hydroxylation sites is 1. The maximum absolute atomic E-state index is 12.3. The Labute approximate surface area is 173 Å². The molecule has 0 fully saturated rings. The van der Waals surface area contributed by atoms with Crippen LogP contribution in [0.3, 0.4) is 0 Å². The monoisotopic (exact) mass is 411 g/mol. The molecule has 30 heavy (non-hydrogen) atoms. The van der Waals surface area contributed by atoms with Crippen molar-refractivity contribution in [2.24, 2.45) is 0 Å². The molecule has 9 nitrogen and oxygen atoms in total. The lowest BCUT2D eigenvalue weighted by molar-refractivity contribution is -0.123. The van der Waals surface area contributed by atoms with E-state index in [1.54, 1.807) is 49.6 Å². The summed E-state index contributed by atoms with van der Waals surface area (Å²) in [6.45, 7) is -0.647. The summed E-state index contributed by atoms with van der Waals surface area (Å²) in [5, 5.41) is 6.77. The summed E-state index contributed by atoms with van der Waals surface area (Å²) in [4.78, 5) is 47.1. The maximum atomic E-state index is 12.3. The zero-order valence-electron chi connectivity index (χ0n) is 16.4. The highest BCUT2D eigenvalue weighted by Crippen LogP contribution is 2.17. The van der Waals surface area contributed by atoms with Crippen molar-refractivity contribution in [2.45, 2.75) is 0 Å². The van der Waals surface area contributed by atoms with Gasteiger partial charge in [0.25, 0.3) is 5.91 Å². The highest BCUT2D eigenvalue weighted by molar-refractivity contribution is 6.06. The smallest absolute Gasteiger partial charge is 0.340 e. The van der Waals surface area contributed by atoms with E-state index in [2.05, 4.69) is 10.6 Å². The highest BCUT2D eigenvalue weighted by atomic mass is 16.5. The quantitative estimate of drug-likeness (QED) is 0.473. The van der Waals surface area contributed by atoms with Crippen LogP contribution in [0.1, 0.15) is 15.9 Å². The Morgan fingerprint density at radius 3 is 2.37 bits per heavy atom. The molecule has 0 aliphatic carbocycles. The van der Waals surface area contributed by atoms with Crippen LogP contribution in [0.15, 0.2) is 54.6 Å². The third kappa shape index (κ3) is 6.79. The molecule has 3 N–H and O–H groups in total. The molecular formula is C21H21N3O6. The van der Waals surface area contributed by atoms with E-state index in [9.17, 15) is 19.2 Å². The van der Waals surface area contributed by atoms with Gasteiger partial charge in [-0.25, -0.2) is 9.59 Å². The SMILES string of the molecule is CNC(=O)NC(=O)COC(=O)c1ccccc1NC(=O)C=Cc1ccc(OC)cc1. The Kier molecular flexibility index (Phi) is 8.13. The van der Waals surface area contributed by atoms with Crippen molar-refractivity contribution in [3.8, 4) is 5.75 Å². The lowest BCUT2D eigenvalue weighted by Crippen LogP contribution is -2.39. The Morgan fingerprint density at radius 1 is 1.00 bits per heavy atom. The van der Waals surface area contributed by atoms with Gasteiger partial charge in [0.2, 0.25) is 5.91 Å². The van der Waals surface area contributed by atoms with Crippen LogP contribution in [0.25, 0.3) is 6.08 Å². The van der Waals surface area contributed by atoms with Crippen molar-refractivity contribution in [1.82, 2.24) is 10.6 Å². The molecule has 2 rings (SSSR count). The predicted octanol–water partition coefficient (Wildman–Crippen LogP) is 1.96. The molecule has 156 valence electrons. The highest BCUT2D eigenvalue weighted by Gasteiger charge is 2.16. The van der Waals surface area contributed by atoms with E-state index in [1.165, 1.54) is 25.3 Å². The van der Waals surface area contributed by atoms with Crippen molar-refractivity contribution >= 4 is 35.6 Å². The molecule has 0 aliphatic heterocycles. The van der Waals surface area contributed by atoms with Crippen molar-refractivity contribution in [3.05, 3.63) is 65.7 Å². The van der Waals surface area contributed by atoms with Crippen LogP contribution in [0.4, 0.5) is 10.5 Å². The van der Waals surface area contributed by atoms with Crippen molar-refractivity contribution in [1.29, 1.82) is 0 Å². The number of nitrogens with one attached hydrogen (secondary N) is 3. The van der Waals surface area contributed by atoms with Crippen LogP contribution in [0, 0.1) is 0 Å². The standard InChI is InChI=1S/C21H21N3O6/c1-22-21(28)24-19(26)13-30-20(27)16-5-3-4-6-17(16)23-18(25)12-9-14-7-10-15(29-2)11-8-14/h3-12H,13H2,1-2H3,(H,23,25)(H2,22,24,26,28). The van der Waals surface area contributed by atoms with Gasteiger partial charge in [-0.3, -0.25) is 14.9 Å². The molecule has 2 aromatic carbocycles. The summed E-state index contributed by atoms with van der Waals surface area (Å²) in [5.41, 5.74) is 1.08. The zero-order chi connectivity index (χ0) is 21.9. The van der Waals surface area contributed by atoms with Crippen molar-refractivity contribution in [3.63, 3.8) is 0 Å². The van der Waals surface area contributed by atoms with Crippen LogP contribution >= 0.6 is 0 Å². The van der Waals surface area contributed by atoms with Crippen LogP contribution in [0.2, 0.25) is 0 Å². The van der Waals surface area contributed by atoms with Crippen LogP contribution in [-0.4, -0.2) is 44.6 Å². The molecule has 0 atom stereocenters. The zero-order valence-corrected chi connectivity index (χ0v) is 16.4. The van der Waals surface area contributed by atoms with Crippen LogP contribution < -0.4 is 20.7 Å². The molecule has 9 heteroatoms. The minimum atomic E-state index is -0.822. The second-order valence-electron chi connectivity index (χ2n) is 5.84. The Hall–Kier alpha value is -4.14. The second-order valence-corrected chi connectivity index (χ2v) is 5.84. The number of urea groups is 1. The number of hydrogen-bond acceptors (Lipinski definition) is 6. The molecule has 0 radical (unpaired) electrons. The minimum Gasteiger partial charge on any atom is -0.497 e. The summed E-state index contributed by atoms with van der Waals surface area (Å²) in [5.74, 6) is -1.36. The van der Waals surface area contributed by atoms with Gasteiger partial charge in [-0.2, -0.15) is 0 Å². The average Bonchev–Trinajstić information content (AvgIpc) is 2.76. The summed E-state index contributed by atoms with van der Waals surface area (Å²) >= 11 is 0. The van der Waals surface area contributed by atoms with E-state index in [-0.39, 0.29) is 11.3 Å². The third-order valence-electron chi connectivity index (χ3n) is 3.76. The van der Waals surface area contributed by atoms with Gasteiger partial charge in [0.05, 0.1) is 18.4 Å². The van der Waals surface area contributed by atoms with Gasteiger partial charge in [0.15, 0.2) is 6.61 Å². The van der Waals surface area contributed by atoms with Crippen LogP contribution in [0.5, 0.6) is 5.75 Å². The number of benzene rings is 2. The van der Waals surface area contributed by atoms with Gasteiger partial charge < -0.3 is 20.1 Å². The minimum absolute atomic E-state index is 0.0661. The number of anilines is 1. The molecule has 0 aliphatic rings. The molecule has 2 aromatic rings. The second kappa shape index (κ2) is 11.0. The fourth-order valence-corrected chi connectivity index (χ4v) is 2.27. The number of hydrogen-bond donors (Lipinski definition) is 3. The maximum Gasteiger partial charge on any atom is 0.340 e. The summed E-state index contributed by atoms with van der Waals surface area (Å²) in [6.07, 6.45) is 2.93. The van der Waals surface area contributed by atoms with Gasteiger partial charge in [-0.15, -0.1) is 0 Å². The van der Waals surface area contributed by atoms with Gasteiger partial charge >= 0.3 is 12.0 Å². The average molecular weight is 411 g/mol. The van der Waals surface area contributed by atoms with E-state index in [1.807, 2.05) is 5.32 Å². The molecule has 0 bridgehead atoms.